The van der Waals surface area contributed by atoms with Gasteiger partial charge in [0.2, 0.25) is 0 Å². The Morgan fingerprint density at radius 1 is 1.25 bits per heavy atom. The highest BCUT2D eigenvalue weighted by Gasteiger charge is 2.17. The number of aryl methyl sites for hydroxylation is 1. The smallest absolute Gasteiger partial charge is 0.355 e. The Labute approximate surface area is 138 Å². The maximum Gasteiger partial charge on any atom is 0.355 e. The van der Waals surface area contributed by atoms with Gasteiger partial charge < -0.3 is 9.30 Å². The lowest BCUT2D eigenvalue weighted by atomic mass is 10.2. The summed E-state index contributed by atoms with van der Waals surface area (Å²) in [7, 11) is 1.73. The number of fused-ring (bicyclic) bond motifs is 1. The van der Waals surface area contributed by atoms with E-state index in [0.29, 0.717) is 34.6 Å². The number of halogens is 1. The topological polar surface area (TPSA) is 57.0 Å². The summed E-state index contributed by atoms with van der Waals surface area (Å²) in [5, 5.41) is 0.665. The van der Waals surface area contributed by atoms with Crippen LogP contribution in [-0.2, 0) is 11.8 Å². The van der Waals surface area contributed by atoms with Crippen LogP contribution in [0.3, 0.4) is 0 Å². The van der Waals surface area contributed by atoms with E-state index in [1.807, 2.05) is 0 Å². The normalized spacial score (nSPS) is 10.3. The van der Waals surface area contributed by atoms with Gasteiger partial charge in [0.05, 0.1) is 12.0 Å². The second-order valence-electron chi connectivity index (χ2n) is 5.03. The van der Waals surface area contributed by atoms with Crippen LogP contribution in [0.15, 0.2) is 36.7 Å². The van der Waals surface area contributed by atoms with Gasteiger partial charge in [-0.2, -0.15) is 0 Å². The Morgan fingerprint density at radius 2 is 2.00 bits per heavy atom. The quantitative estimate of drug-likeness (QED) is 0.537. The Bertz CT molecular complexity index is 966. The van der Waals surface area contributed by atoms with Gasteiger partial charge in [0.25, 0.3) is 0 Å². The standard InChI is InChI=1S/C18H14FN3O2/c1-3-24-18(23)16-10-14-15(20-11-21-17(14)22(16)2)9-6-12-4-7-13(19)8-5-12/h4-5,7-8,10-11H,3H2,1-2H3. The molecular weight excluding hydrogens is 309 g/mol. The third kappa shape index (κ3) is 2.97. The van der Waals surface area contributed by atoms with E-state index < -0.39 is 5.97 Å². The van der Waals surface area contributed by atoms with Gasteiger partial charge in [0.1, 0.15) is 29.2 Å². The first-order valence-electron chi connectivity index (χ1n) is 7.35. The first kappa shape index (κ1) is 15.7. The number of esters is 1. The third-order valence-corrected chi connectivity index (χ3v) is 3.48. The maximum atomic E-state index is 12.9. The molecule has 2 aromatic heterocycles. The van der Waals surface area contributed by atoms with Crippen molar-refractivity contribution in [1.29, 1.82) is 0 Å². The van der Waals surface area contributed by atoms with Crippen molar-refractivity contribution in [3.8, 4) is 11.8 Å². The summed E-state index contributed by atoms with van der Waals surface area (Å²) in [6, 6.07) is 7.55. The second-order valence-corrected chi connectivity index (χ2v) is 5.03. The van der Waals surface area contributed by atoms with Crippen molar-refractivity contribution in [3.05, 3.63) is 59.4 Å². The molecule has 6 heteroatoms. The van der Waals surface area contributed by atoms with Gasteiger partial charge in [-0.1, -0.05) is 5.92 Å². The molecular formula is C18H14FN3O2. The predicted molar refractivity (Wildman–Crippen MR) is 86.8 cm³/mol. The zero-order valence-corrected chi connectivity index (χ0v) is 13.2. The average molecular weight is 323 g/mol. The molecule has 0 N–H and O–H groups in total. The number of carbonyl (C=O) groups excluding carboxylic acids is 1. The molecule has 0 atom stereocenters. The molecule has 3 rings (SSSR count). The van der Waals surface area contributed by atoms with E-state index in [0.717, 1.165) is 0 Å². The number of hydrogen-bond donors (Lipinski definition) is 0. The summed E-state index contributed by atoms with van der Waals surface area (Å²) in [5.74, 6) is 5.14. The predicted octanol–water partition coefficient (Wildman–Crippen LogP) is 2.68. The van der Waals surface area contributed by atoms with E-state index in [4.69, 9.17) is 4.74 Å². The summed E-state index contributed by atoms with van der Waals surface area (Å²) in [6.07, 6.45) is 1.39. The van der Waals surface area contributed by atoms with Gasteiger partial charge in [0.15, 0.2) is 0 Å². The highest BCUT2D eigenvalue weighted by atomic mass is 19.1. The van der Waals surface area contributed by atoms with Gasteiger partial charge in [-0.3, -0.25) is 0 Å². The molecule has 5 nitrogen and oxygen atoms in total. The van der Waals surface area contributed by atoms with Crippen LogP contribution in [0.1, 0.15) is 28.7 Å². The van der Waals surface area contributed by atoms with Gasteiger partial charge in [-0.15, -0.1) is 0 Å². The fourth-order valence-electron chi connectivity index (χ4n) is 2.30. The molecule has 0 fully saturated rings. The first-order chi connectivity index (χ1) is 11.6. The Hall–Kier alpha value is -3.20. The van der Waals surface area contributed by atoms with Crippen LogP contribution in [0, 0.1) is 17.7 Å². The molecule has 120 valence electrons. The molecule has 0 aliphatic heterocycles. The SMILES string of the molecule is CCOC(=O)c1cc2c(C#Cc3ccc(F)cc3)ncnc2n1C. The van der Waals surface area contributed by atoms with E-state index in [2.05, 4.69) is 21.8 Å². The zero-order valence-electron chi connectivity index (χ0n) is 13.2. The Balaban J connectivity index is 2.05. The highest BCUT2D eigenvalue weighted by molar-refractivity contribution is 5.95. The van der Waals surface area contributed by atoms with E-state index in [-0.39, 0.29) is 5.82 Å². The van der Waals surface area contributed by atoms with Crippen LogP contribution in [-0.4, -0.2) is 27.1 Å². The lowest BCUT2D eigenvalue weighted by molar-refractivity contribution is 0.0516. The molecule has 0 saturated carbocycles. The van der Waals surface area contributed by atoms with Crippen molar-refractivity contribution in [2.75, 3.05) is 6.61 Å². The number of ether oxygens (including phenoxy) is 1. The molecule has 0 saturated heterocycles. The number of benzene rings is 1. The number of hydrogen-bond acceptors (Lipinski definition) is 4. The summed E-state index contributed by atoms with van der Waals surface area (Å²) in [4.78, 5) is 20.4. The van der Waals surface area contributed by atoms with Crippen molar-refractivity contribution in [2.45, 2.75) is 6.92 Å². The molecule has 0 aliphatic rings. The van der Waals surface area contributed by atoms with Crippen LogP contribution in [0.5, 0.6) is 0 Å². The molecule has 0 amide bonds. The lowest BCUT2D eigenvalue weighted by Gasteiger charge is -2.02. The van der Waals surface area contributed by atoms with Crippen LogP contribution >= 0.6 is 0 Å². The molecule has 3 aromatic rings. The van der Waals surface area contributed by atoms with Crippen LogP contribution in [0.2, 0.25) is 0 Å². The summed E-state index contributed by atoms with van der Waals surface area (Å²) >= 11 is 0. The number of nitrogens with zero attached hydrogens (tertiary/aromatic N) is 3. The minimum atomic E-state index is -0.421. The van der Waals surface area contributed by atoms with Crippen molar-refractivity contribution in [2.24, 2.45) is 7.05 Å². The first-order valence-corrected chi connectivity index (χ1v) is 7.35. The van der Waals surface area contributed by atoms with E-state index in [1.165, 1.54) is 18.5 Å². The highest BCUT2D eigenvalue weighted by Crippen LogP contribution is 2.19. The van der Waals surface area contributed by atoms with Gasteiger partial charge in [0, 0.05) is 12.6 Å². The molecule has 0 aliphatic carbocycles. The van der Waals surface area contributed by atoms with Crippen LogP contribution in [0.4, 0.5) is 4.39 Å². The van der Waals surface area contributed by atoms with Crippen molar-refractivity contribution in [3.63, 3.8) is 0 Å². The summed E-state index contributed by atoms with van der Waals surface area (Å²) in [5.41, 5.74) is 2.15. The van der Waals surface area contributed by atoms with Crippen molar-refractivity contribution >= 4 is 17.0 Å². The summed E-state index contributed by atoms with van der Waals surface area (Å²) in [6.45, 7) is 2.04. The minimum absolute atomic E-state index is 0.295. The molecule has 24 heavy (non-hydrogen) atoms. The molecule has 2 heterocycles. The van der Waals surface area contributed by atoms with Gasteiger partial charge in [-0.05, 0) is 43.2 Å². The fraction of sp³-hybridized carbons (Fsp3) is 0.167. The summed E-state index contributed by atoms with van der Waals surface area (Å²) < 4.78 is 19.6. The molecule has 0 unspecified atom stereocenters. The van der Waals surface area contributed by atoms with Crippen molar-refractivity contribution < 1.29 is 13.9 Å². The monoisotopic (exact) mass is 323 g/mol. The minimum Gasteiger partial charge on any atom is -0.461 e. The maximum absolute atomic E-state index is 12.9. The van der Waals surface area contributed by atoms with Gasteiger partial charge in [-0.25, -0.2) is 19.2 Å². The Morgan fingerprint density at radius 3 is 2.71 bits per heavy atom. The van der Waals surface area contributed by atoms with Crippen LogP contribution in [0.25, 0.3) is 11.0 Å². The second kappa shape index (κ2) is 6.50. The zero-order chi connectivity index (χ0) is 17.1. The molecule has 0 radical (unpaired) electrons. The number of rotatable bonds is 2. The molecule has 0 spiro atoms. The van der Waals surface area contributed by atoms with E-state index >= 15 is 0 Å². The third-order valence-electron chi connectivity index (χ3n) is 3.48. The van der Waals surface area contributed by atoms with Crippen LogP contribution < -0.4 is 0 Å². The fourth-order valence-corrected chi connectivity index (χ4v) is 2.30. The molecule has 1 aromatic carbocycles. The number of carbonyl (C=O) groups is 1. The molecule has 0 bridgehead atoms. The van der Waals surface area contributed by atoms with E-state index in [9.17, 15) is 9.18 Å². The number of aromatic nitrogens is 3. The Kier molecular flexibility index (Phi) is 4.25. The lowest BCUT2D eigenvalue weighted by Crippen LogP contribution is -2.09. The van der Waals surface area contributed by atoms with Gasteiger partial charge >= 0.3 is 5.97 Å². The van der Waals surface area contributed by atoms with E-state index in [1.54, 1.807) is 36.7 Å². The van der Waals surface area contributed by atoms with Crippen molar-refractivity contribution in [1.82, 2.24) is 14.5 Å². The average Bonchev–Trinajstić information content (AvgIpc) is 2.92. The largest absolute Gasteiger partial charge is 0.461 e.